The summed E-state index contributed by atoms with van der Waals surface area (Å²) in [5.74, 6) is 0.110. The van der Waals surface area contributed by atoms with Crippen LogP contribution < -0.4 is 10.1 Å². The molecule has 3 aromatic rings. The van der Waals surface area contributed by atoms with Crippen LogP contribution in [0.5, 0.6) is 0 Å². The minimum absolute atomic E-state index is 0.218. The summed E-state index contributed by atoms with van der Waals surface area (Å²) in [6.07, 6.45) is 1.80. The summed E-state index contributed by atoms with van der Waals surface area (Å²) in [6.45, 7) is 1.17. The fraction of sp³-hybridized carbons (Fsp3) is 0.211. The molecule has 0 aliphatic rings. The molecule has 0 bridgehead atoms. The van der Waals surface area contributed by atoms with Gasteiger partial charge in [-0.3, -0.25) is 9.59 Å². The van der Waals surface area contributed by atoms with Crippen LogP contribution in [-0.4, -0.2) is 36.6 Å². The number of hydrogen-bond donors (Lipinski definition) is 1. The number of thiazole rings is 1. The van der Waals surface area contributed by atoms with E-state index < -0.39 is 0 Å². The van der Waals surface area contributed by atoms with Crippen molar-refractivity contribution in [3.8, 4) is 0 Å². The van der Waals surface area contributed by atoms with Gasteiger partial charge < -0.3 is 19.0 Å². The predicted octanol–water partition coefficient (Wildman–Crippen LogP) is 2.96. The summed E-state index contributed by atoms with van der Waals surface area (Å²) in [6, 6.07) is 9.97. The molecule has 2 heterocycles. The van der Waals surface area contributed by atoms with E-state index in [0.29, 0.717) is 40.8 Å². The van der Waals surface area contributed by atoms with E-state index in [1.807, 2.05) is 5.38 Å². The average Bonchev–Trinajstić information content (AvgIpc) is 3.32. The lowest BCUT2D eigenvalue weighted by atomic mass is 10.2. The highest BCUT2D eigenvalue weighted by atomic mass is 35.5. The first-order valence-electron chi connectivity index (χ1n) is 8.41. The van der Waals surface area contributed by atoms with Crippen LogP contribution in [0.15, 0.2) is 57.4 Å². The van der Waals surface area contributed by atoms with Gasteiger partial charge >= 0.3 is 0 Å². The molecule has 0 fully saturated rings. The number of hydrogen-bond acceptors (Lipinski definition) is 5. The molecule has 28 heavy (non-hydrogen) atoms. The molecule has 146 valence electrons. The van der Waals surface area contributed by atoms with Crippen molar-refractivity contribution in [1.82, 2.24) is 9.88 Å². The lowest BCUT2D eigenvalue weighted by Gasteiger charge is -2.02. The zero-order valence-electron chi connectivity index (χ0n) is 15.1. The zero-order valence-corrected chi connectivity index (χ0v) is 16.6. The summed E-state index contributed by atoms with van der Waals surface area (Å²) < 4.78 is 12.3. The monoisotopic (exact) mass is 419 g/mol. The number of carbonyl (C=O) groups excluding carboxylic acids is 2. The fourth-order valence-electron chi connectivity index (χ4n) is 2.39. The number of carbonyl (C=O) groups is 2. The number of methoxy groups -OCH3 is 1. The summed E-state index contributed by atoms with van der Waals surface area (Å²) in [5.41, 5.74) is 0.417. The third-order valence-corrected chi connectivity index (χ3v) is 4.76. The number of nitrogens with one attached hydrogen (secondary N) is 1. The number of benzene rings is 1. The molecular weight excluding hydrogens is 402 g/mol. The quantitative estimate of drug-likeness (QED) is 0.596. The maximum atomic E-state index is 12.4. The second-order valence-electron chi connectivity index (χ2n) is 5.76. The molecule has 3 rings (SSSR count). The van der Waals surface area contributed by atoms with E-state index in [4.69, 9.17) is 20.8 Å². The molecule has 0 aliphatic carbocycles. The summed E-state index contributed by atoms with van der Waals surface area (Å²) >= 11 is 7.26. The first kappa shape index (κ1) is 20.1. The van der Waals surface area contributed by atoms with Crippen molar-refractivity contribution in [3.05, 3.63) is 74.9 Å². The number of rotatable bonds is 7. The Balaban J connectivity index is 1.72. The van der Waals surface area contributed by atoms with E-state index in [-0.39, 0.29) is 17.6 Å². The van der Waals surface area contributed by atoms with Crippen LogP contribution in [0.3, 0.4) is 0 Å². The van der Waals surface area contributed by atoms with Gasteiger partial charge in [0.2, 0.25) is 0 Å². The van der Waals surface area contributed by atoms with Crippen molar-refractivity contribution in [2.45, 2.75) is 6.54 Å². The predicted molar refractivity (Wildman–Crippen MR) is 106 cm³/mol. The Morgan fingerprint density at radius 3 is 2.96 bits per heavy atom. The van der Waals surface area contributed by atoms with Crippen LogP contribution in [0.1, 0.15) is 26.7 Å². The van der Waals surface area contributed by atoms with Crippen LogP contribution in [0, 0.1) is 0 Å². The zero-order chi connectivity index (χ0) is 19.9. The molecule has 0 spiro atoms. The lowest BCUT2D eigenvalue weighted by molar-refractivity contribution is 0.0907. The Kier molecular flexibility index (Phi) is 6.80. The van der Waals surface area contributed by atoms with Gasteiger partial charge in [0, 0.05) is 35.8 Å². The molecule has 0 radical (unpaired) electrons. The summed E-state index contributed by atoms with van der Waals surface area (Å²) in [5, 5.41) is 5.00. The molecular formula is C19H18ClN3O4S. The van der Waals surface area contributed by atoms with Crippen molar-refractivity contribution in [2.75, 3.05) is 20.3 Å². The van der Waals surface area contributed by atoms with Gasteiger partial charge in [-0.15, -0.1) is 11.3 Å². The van der Waals surface area contributed by atoms with Crippen molar-refractivity contribution in [2.24, 2.45) is 4.99 Å². The molecule has 9 heteroatoms. The number of aromatic nitrogens is 1. The number of halogens is 1. The van der Waals surface area contributed by atoms with Crippen molar-refractivity contribution in [1.29, 1.82) is 0 Å². The molecule has 0 saturated carbocycles. The highest BCUT2D eigenvalue weighted by molar-refractivity contribution is 7.07. The van der Waals surface area contributed by atoms with Crippen molar-refractivity contribution in [3.63, 3.8) is 0 Å². The van der Waals surface area contributed by atoms with E-state index >= 15 is 0 Å². The maximum absolute atomic E-state index is 12.4. The van der Waals surface area contributed by atoms with Crippen molar-refractivity contribution >= 4 is 34.8 Å². The standard InChI is InChI=1S/C19H18ClN3O4S/c1-26-9-7-21-18(25)16-6-5-15(27-16)12-23-8-10-28-19(23)22-17(24)13-3-2-4-14(20)11-13/h2-6,8,10-11H,7,9,12H2,1H3,(H,21,25). The first-order chi connectivity index (χ1) is 13.6. The summed E-state index contributed by atoms with van der Waals surface area (Å²) in [7, 11) is 1.56. The fourth-order valence-corrected chi connectivity index (χ4v) is 3.30. The van der Waals surface area contributed by atoms with Crippen LogP contribution in [0.2, 0.25) is 5.02 Å². The smallest absolute Gasteiger partial charge is 0.287 e. The largest absolute Gasteiger partial charge is 0.454 e. The van der Waals surface area contributed by atoms with Gasteiger partial charge in [-0.05, 0) is 30.3 Å². The Morgan fingerprint density at radius 2 is 2.18 bits per heavy atom. The van der Waals surface area contributed by atoms with Crippen LogP contribution in [0.4, 0.5) is 0 Å². The third kappa shape index (κ3) is 5.19. The second-order valence-corrected chi connectivity index (χ2v) is 7.06. The van der Waals surface area contributed by atoms with E-state index in [2.05, 4.69) is 10.3 Å². The normalized spacial score (nSPS) is 11.6. The van der Waals surface area contributed by atoms with Crippen molar-refractivity contribution < 1.29 is 18.7 Å². The Bertz CT molecular complexity index is 1040. The number of ether oxygens (including phenoxy) is 1. The van der Waals surface area contributed by atoms with Crippen LogP contribution >= 0.6 is 22.9 Å². The van der Waals surface area contributed by atoms with E-state index in [0.717, 1.165) is 0 Å². The Morgan fingerprint density at radius 1 is 1.32 bits per heavy atom. The number of nitrogens with zero attached hydrogens (tertiary/aromatic N) is 2. The molecule has 7 nitrogen and oxygen atoms in total. The van der Waals surface area contributed by atoms with E-state index in [1.54, 1.807) is 54.3 Å². The first-order valence-corrected chi connectivity index (χ1v) is 9.67. The molecule has 2 aromatic heterocycles. The van der Waals surface area contributed by atoms with Crippen LogP contribution in [-0.2, 0) is 11.3 Å². The molecule has 0 saturated heterocycles. The van der Waals surface area contributed by atoms with Gasteiger partial charge in [0.1, 0.15) is 5.76 Å². The average molecular weight is 420 g/mol. The van der Waals surface area contributed by atoms with Gasteiger partial charge in [-0.25, -0.2) is 0 Å². The lowest BCUT2D eigenvalue weighted by Crippen LogP contribution is -2.26. The van der Waals surface area contributed by atoms with Gasteiger partial charge in [0.05, 0.1) is 13.2 Å². The van der Waals surface area contributed by atoms with E-state index in [9.17, 15) is 9.59 Å². The number of furan rings is 1. The van der Waals surface area contributed by atoms with Crippen LogP contribution in [0.25, 0.3) is 0 Å². The molecule has 1 aromatic carbocycles. The van der Waals surface area contributed by atoms with Gasteiger partial charge in [0.25, 0.3) is 11.8 Å². The SMILES string of the molecule is COCCNC(=O)c1ccc(Cn2ccsc2=NC(=O)c2cccc(Cl)c2)o1. The highest BCUT2D eigenvalue weighted by Crippen LogP contribution is 2.12. The maximum Gasteiger partial charge on any atom is 0.287 e. The van der Waals surface area contributed by atoms with Gasteiger partial charge in [-0.2, -0.15) is 4.99 Å². The molecule has 1 N–H and O–H groups in total. The third-order valence-electron chi connectivity index (χ3n) is 3.73. The molecule has 2 amide bonds. The topological polar surface area (TPSA) is 85.8 Å². The summed E-state index contributed by atoms with van der Waals surface area (Å²) in [4.78, 5) is 29.1. The minimum Gasteiger partial charge on any atom is -0.454 e. The van der Waals surface area contributed by atoms with Gasteiger partial charge in [0.15, 0.2) is 10.6 Å². The molecule has 0 unspecified atom stereocenters. The minimum atomic E-state index is -0.378. The van der Waals surface area contributed by atoms with E-state index in [1.165, 1.54) is 11.3 Å². The highest BCUT2D eigenvalue weighted by Gasteiger charge is 2.12. The second kappa shape index (κ2) is 9.50. The number of amides is 2. The Hall–Kier alpha value is -2.68. The Labute approximate surface area is 170 Å². The molecule has 0 aliphatic heterocycles. The molecule has 0 atom stereocenters. The van der Waals surface area contributed by atoms with Gasteiger partial charge in [-0.1, -0.05) is 17.7 Å².